The maximum Gasteiger partial charge on any atom is 0.229 e. The van der Waals surface area contributed by atoms with Gasteiger partial charge in [-0.3, -0.25) is 9.71 Å². The van der Waals surface area contributed by atoms with Crippen LogP contribution in [0.4, 0.5) is 11.4 Å². The number of nitrogens with one attached hydrogen (secondary N) is 3. The Balaban J connectivity index is 1.76. The van der Waals surface area contributed by atoms with Gasteiger partial charge < -0.3 is 15.2 Å². The number of hydrogen-bond donors (Lipinski definition) is 3. The molecule has 1 aromatic carbocycles. The number of sulfonamides is 1. The number of hydrogen-bond acceptors (Lipinski definition) is 4. The van der Waals surface area contributed by atoms with Crippen molar-refractivity contribution in [2.75, 3.05) is 15.9 Å². The molecular weight excluding hydrogens is 406 g/mol. The lowest BCUT2D eigenvalue weighted by Crippen LogP contribution is -2.29. The second kappa shape index (κ2) is 7.49. The molecule has 2 atom stereocenters. The first-order valence-corrected chi connectivity index (χ1v) is 11.4. The van der Waals surface area contributed by atoms with Crippen molar-refractivity contribution in [3.63, 3.8) is 0 Å². The molecule has 150 valence electrons. The molecule has 0 saturated carbocycles. The van der Waals surface area contributed by atoms with Crippen LogP contribution < -0.4 is 14.9 Å². The van der Waals surface area contributed by atoms with Crippen LogP contribution in [-0.2, 0) is 10.0 Å². The fourth-order valence-electron chi connectivity index (χ4n) is 3.59. The van der Waals surface area contributed by atoms with E-state index in [9.17, 15) is 8.42 Å². The number of aryl methyl sites for hydroxylation is 1. The summed E-state index contributed by atoms with van der Waals surface area (Å²) in [5.41, 5.74) is 4.12. The first-order valence-electron chi connectivity index (χ1n) is 9.06. The van der Waals surface area contributed by atoms with Crippen LogP contribution in [0.2, 0.25) is 0 Å². The highest BCUT2D eigenvalue weighted by molar-refractivity contribution is 7.92. The van der Waals surface area contributed by atoms with Crippen molar-refractivity contribution in [1.82, 2.24) is 15.3 Å². The largest absolute Gasteiger partial charge is 0.363 e. The molecule has 1 fully saturated rings. The van der Waals surface area contributed by atoms with Crippen molar-refractivity contribution in [2.45, 2.75) is 19.0 Å². The van der Waals surface area contributed by atoms with E-state index in [1.807, 2.05) is 60.5 Å². The number of nitrogens with zero attached hydrogens (tertiary/aromatic N) is 2. The molecule has 1 saturated heterocycles. The van der Waals surface area contributed by atoms with Gasteiger partial charge in [-0.2, -0.15) is 0 Å². The van der Waals surface area contributed by atoms with Crippen LogP contribution in [0.3, 0.4) is 0 Å². The first-order chi connectivity index (χ1) is 13.8. The van der Waals surface area contributed by atoms with Crippen molar-refractivity contribution >= 4 is 38.7 Å². The second-order valence-corrected chi connectivity index (χ2v) is 9.13. The van der Waals surface area contributed by atoms with Gasteiger partial charge in [-0.25, -0.2) is 8.42 Å². The zero-order valence-corrected chi connectivity index (χ0v) is 17.6. The molecule has 1 aliphatic heterocycles. The number of thiocarbonyl (C=S) groups is 1. The molecule has 29 heavy (non-hydrogen) atoms. The Kier molecular flexibility index (Phi) is 5.01. The van der Waals surface area contributed by atoms with E-state index in [0.717, 1.165) is 28.9 Å². The van der Waals surface area contributed by atoms with Crippen LogP contribution >= 0.6 is 12.2 Å². The predicted molar refractivity (Wildman–Crippen MR) is 118 cm³/mol. The van der Waals surface area contributed by atoms with E-state index in [4.69, 9.17) is 12.2 Å². The molecule has 9 heteroatoms. The van der Waals surface area contributed by atoms with E-state index in [2.05, 4.69) is 20.0 Å². The molecule has 7 nitrogen and oxygen atoms in total. The van der Waals surface area contributed by atoms with Crippen LogP contribution in [0.1, 0.15) is 29.0 Å². The molecule has 3 heterocycles. The minimum absolute atomic E-state index is 0.125. The Hall–Kier alpha value is -2.91. The van der Waals surface area contributed by atoms with Crippen LogP contribution in [0.25, 0.3) is 0 Å². The van der Waals surface area contributed by atoms with E-state index in [1.165, 1.54) is 0 Å². The van der Waals surface area contributed by atoms with E-state index in [1.54, 1.807) is 12.3 Å². The number of rotatable bonds is 5. The van der Waals surface area contributed by atoms with Crippen LogP contribution in [-0.4, -0.2) is 29.8 Å². The molecule has 3 N–H and O–H groups in total. The van der Waals surface area contributed by atoms with Crippen LogP contribution in [0.15, 0.2) is 60.9 Å². The Labute approximate surface area is 175 Å². The van der Waals surface area contributed by atoms with Crippen LogP contribution in [0, 0.1) is 6.92 Å². The standard InChI is InChI=1S/C20H21N5O2S2/c1-13-12-14(8-9-15(13)24-29(2,26)27)25-19(17-7-5-11-22-17)18(23-20(25)28)16-6-3-4-10-21-16/h3-12,18-19,22,24H,1-2H3,(H,23,28)/t18-,19-/m0/s1. The summed E-state index contributed by atoms with van der Waals surface area (Å²) in [7, 11) is -3.35. The summed E-state index contributed by atoms with van der Waals surface area (Å²) in [5.74, 6) is 0. The summed E-state index contributed by atoms with van der Waals surface area (Å²) >= 11 is 5.68. The molecule has 4 rings (SSSR count). The van der Waals surface area contributed by atoms with E-state index < -0.39 is 10.0 Å². The molecule has 2 aromatic heterocycles. The maximum absolute atomic E-state index is 11.6. The van der Waals surface area contributed by atoms with E-state index in [0.29, 0.717) is 10.8 Å². The van der Waals surface area contributed by atoms with Gasteiger partial charge in [0.15, 0.2) is 5.11 Å². The van der Waals surface area contributed by atoms with Gasteiger partial charge in [0.1, 0.15) is 6.04 Å². The summed E-state index contributed by atoms with van der Waals surface area (Å²) in [6, 6.07) is 15.1. The number of anilines is 2. The lowest BCUT2D eigenvalue weighted by Gasteiger charge is -2.27. The average Bonchev–Trinajstić information content (AvgIpc) is 3.30. The van der Waals surface area contributed by atoms with Crippen LogP contribution in [0.5, 0.6) is 0 Å². The number of benzene rings is 1. The summed E-state index contributed by atoms with van der Waals surface area (Å²) < 4.78 is 25.7. The number of aromatic amines is 1. The highest BCUT2D eigenvalue weighted by atomic mass is 32.2. The van der Waals surface area contributed by atoms with Gasteiger partial charge in [0, 0.05) is 23.8 Å². The fraction of sp³-hybridized carbons (Fsp3) is 0.200. The van der Waals surface area contributed by atoms with E-state index in [-0.39, 0.29) is 12.1 Å². The highest BCUT2D eigenvalue weighted by Crippen LogP contribution is 2.41. The Bertz CT molecular complexity index is 1130. The third kappa shape index (κ3) is 3.96. The average molecular weight is 428 g/mol. The molecule has 0 bridgehead atoms. The minimum atomic E-state index is -3.35. The summed E-state index contributed by atoms with van der Waals surface area (Å²) in [6.07, 6.45) is 4.79. The Morgan fingerprint density at radius 1 is 1.17 bits per heavy atom. The van der Waals surface area contributed by atoms with Crippen molar-refractivity contribution < 1.29 is 8.42 Å². The van der Waals surface area contributed by atoms with Gasteiger partial charge in [-0.05, 0) is 67.2 Å². The number of H-pyrrole nitrogens is 1. The van der Waals surface area contributed by atoms with E-state index >= 15 is 0 Å². The molecule has 0 amide bonds. The van der Waals surface area contributed by atoms with Gasteiger partial charge in [0.2, 0.25) is 10.0 Å². The summed E-state index contributed by atoms with van der Waals surface area (Å²) in [4.78, 5) is 9.85. The normalized spacial score (nSPS) is 19.2. The van der Waals surface area contributed by atoms with Gasteiger partial charge in [-0.1, -0.05) is 6.07 Å². The molecule has 0 aliphatic carbocycles. The van der Waals surface area contributed by atoms with Gasteiger partial charge in [0.25, 0.3) is 0 Å². The molecular formula is C20H21N5O2S2. The fourth-order valence-corrected chi connectivity index (χ4v) is 4.56. The zero-order chi connectivity index (χ0) is 20.6. The molecule has 0 spiro atoms. The SMILES string of the molecule is Cc1cc(N2C(=S)N[C@@H](c3ccccn3)[C@@H]2c2ccc[nH]2)ccc1NS(C)(=O)=O. The molecule has 3 aromatic rings. The second-order valence-electron chi connectivity index (χ2n) is 7.00. The summed E-state index contributed by atoms with van der Waals surface area (Å²) in [6.45, 7) is 1.86. The Morgan fingerprint density at radius 3 is 2.62 bits per heavy atom. The first kappa shape index (κ1) is 19.4. The quantitative estimate of drug-likeness (QED) is 0.542. The third-order valence-corrected chi connectivity index (χ3v) is 5.73. The summed E-state index contributed by atoms with van der Waals surface area (Å²) in [5, 5.41) is 3.98. The molecule has 1 aliphatic rings. The minimum Gasteiger partial charge on any atom is -0.363 e. The van der Waals surface area contributed by atoms with Gasteiger partial charge in [0.05, 0.1) is 23.7 Å². The van der Waals surface area contributed by atoms with Crippen molar-refractivity contribution in [2.24, 2.45) is 0 Å². The number of aromatic nitrogens is 2. The van der Waals surface area contributed by atoms with Crippen molar-refractivity contribution in [3.05, 3.63) is 77.9 Å². The smallest absolute Gasteiger partial charge is 0.229 e. The lowest BCUT2D eigenvalue weighted by molar-refractivity contribution is 0.558. The van der Waals surface area contributed by atoms with Gasteiger partial charge in [-0.15, -0.1) is 0 Å². The predicted octanol–water partition coefficient (Wildman–Crippen LogP) is 3.27. The number of pyridine rings is 1. The molecule has 0 unspecified atom stereocenters. The third-order valence-electron chi connectivity index (χ3n) is 4.82. The zero-order valence-electron chi connectivity index (χ0n) is 16.0. The van der Waals surface area contributed by atoms with Crippen molar-refractivity contribution in [3.8, 4) is 0 Å². The lowest BCUT2D eigenvalue weighted by atomic mass is 10.0. The molecule has 0 radical (unpaired) electrons. The maximum atomic E-state index is 11.6. The van der Waals surface area contributed by atoms with Crippen molar-refractivity contribution in [1.29, 1.82) is 0 Å². The topological polar surface area (TPSA) is 90.1 Å². The van der Waals surface area contributed by atoms with Gasteiger partial charge >= 0.3 is 0 Å². The highest BCUT2D eigenvalue weighted by Gasteiger charge is 2.41. The monoisotopic (exact) mass is 427 g/mol. The Morgan fingerprint density at radius 2 is 2.00 bits per heavy atom.